The Morgan fingerprint density at radius 2 is 2.45 bits per heavy atom. The Kier molecular flexibility index (Phi) is 4.30. The molecule has 2 heterocycles. The molecule has 0 amide bonds. The van der Waals surface area contributed by atoms with Gasteiger partial charge in [0.15, 0.2) is 5.82 Å². The zero-order valence-electron chi connectivity index (χ0n) is 11.1. The summed E-state index contributed by atoms with van der Waals surface area (Å²) in [4.78, 5) is 17.6. The molecule has 0 aromatic carbocycles. The lowest BCUT2D eigenvalue weighted by Crippen LogP contribution is -2.55. The van der Waals surface area contributed by atoms with Crippen LogP contribution < -0.4 is 11.2 Å². The first-order valence-electron chi connectivity index (χ1n) is 6.06. The summed E-state index contributed by atoms with van der Waals surface area (Å²) in [5.74, 6) is -2.92. The van der Waals surface area contributed by atoms with Crippen LogP contribution in [0, 0.1) is 0 Å². The number of aliphatic hydroxyl groups excluding tert-OH is 2. The number of nitrogens with one attached hydrogen (secondary N) is 1. The Bertz CT molecular complexity index is 663. The molecule has 1 aliphatic rings. The third-order valence-electron chi connectivity index (χ3n) is 3.47. The van der Waals surface area contributed by atoms with Crippen molar-refractivity contribution in [1.29, 1.82) is 0 Å². The molecule has 22 heavy (non-hydrogen) atoms. The van der Waals surface area contributed by atoms with E-state index in [-0.39, 0.29) is 5.82 Å². The number of alkyl halides is 1. The average molecular weight is 316 g/mol. The summed E-state index contributed by atoms with van der Waals surface area (Å²) in [5.41, 5.74) is 6.99. The van der Waals surface area contributed by atoms with Crippen molar-refractivity contribution in [3.05, 3.63) is 33.2 Å². The fourth-order valence-electron chi connectivity index (χ4n) is 2.22. The van der Waals surface area contributed by atoms with Gasteiger partial charge in [-0.1, -0.05) is 5.11 Å². The summed E-state index contributed by atoms with van der Waals surface area (Å²) < 4.78 is 20.6. The number of anilines is 1. The molecule has 0 spiro atoms. The number of nitrogens with zero attached hydrogens (tertiary/aromatic N) is 5. The Morgan fingerprint density at radius 1 is 1.73 bits per heavy atom. The van der Waals surface area contributed by atoms with E-state index in [1.54, 1.807) is 5.48 Å². The minimum absolute atomic E-state index is 0.208. The predicted octanol–water partition coefficient (Wildman–Crippen LogP) is -0.901. The molecule has 0 bridgehead atoms. The summed E-state index contributed by atoms with van der Waals surface area (Å²) in [6.07, 6.45) is -1.02. The van der Waals surface area contributed by atoms with Crippen LogP contribution in [0.1, 0.15) is 0 Å². The highest BCUT2D eigenvalue weighted by Gasteiger charge is 2.60. The maximum Gasteiger partial charge on any atom is 0.352 e. The zero-order valence-corrected chi connectivity index (χ0v) is 11.1. The molecule has 2 rings (SSSR count). The van der Waals surface area contributed by atoms with Crippen LogP contribution in [-0.2, 0) is 10.5 Å². The zero-order chi connectivity index (χ0) is 16.4. The van der Waals surface area contributed by atoms with Crippen molar-refractivity contribution >= 4 is 5.82 Å². The van der Waals surface area contributed by atoms with Crippen LogP contribution in [0.4, 0.5) is 10.2 Å². The molecule has 0 unspecified atom stereocenters. The van der Waals surface area contributed by atoms with E-state index in [1.165, 1.54) is 0 Å². The van der Waals surface area contributed by atoms with Crippen LogP contribution in [0.3, 0.4) is 0 Å². The van der Waals surface area contributed by atoms with E-state index in [9.17, 15) is 15.0 Å². The molecule has 4 N–H and O–H groups in total. The van der Waals surface area contributed by atoms with E-state index in [2.05, 4.69) is 15.0 Å². The van der Waals surface area contributed by atoms with Crippen molar-refractivity contribution in [1.82, 2.24) is 9.55 Å². The van der Waals surface area contributed by atoms with Gasteiger partial charge < -0.3 is 14.9 Å². The molecule has 0 aliphatic carbocycles. The lowest BCUT2D eigenvalue weighted by atomic mass is 9.93. The van der Waals surface area contributed by atoms with Crippen molar-refractivity contribution in [2.45, 2.75) is 17.5 Å². The number of aromatic nitrogens is 2. The fourth-order valence-corrected chi connectivity index (χ4v) is 2.22. The minimum Gasteiger partial charge on any atom is -0.393 e. The van der Waals surface area contributed by atoms with Gasteiger partial charge in [0, 0.05) is 11.1 Å². The number of rotatable bonds is 5. The van der Waals surface area contributed by atoms with Crippen LogP contribution in [0.25, 0.3) is 10.4 Å². The average Bonchev–Trinajstić information content (AvgIpc) is 2.79. The molecule has 1 saturated heterocycles. The lowest BCUT2D eigenvalue weighted by molar-refractivity contribution is -0.101. The molecule has 3 atom stereocenters. The first-order chi connectivity index (χ1) is 10.4. The van der Waals surface area contributed by atoms with Gasteiger partial charge in [0.1, 0.15) is 18.3 Å². The Labute approximate surface area is 122 Å². The van der Waals surface area contributed by atoms with Gasteiger partial charge in [-0.15, -0.1) is 0 Å². The summed E-state index contributed by atoms with van der Waals surface area (Å²) in [6, 6.07) is 1.10. The van der Waals surface area contributed by atoms with Gasteiger partial charge in [-0.05, 0) is 11.6 Å². The SMILES string of the molecule is [N-]=[N+]=NC[C@]1(CO)OC[C@@](F)(n2ccc(NO)nc2=O)[C@@H]1O. The smallest absolute Gasteiger partial charge is 0.352 e. The molecule has 11 nitrogen and oxygen atoms in total. The van der Waals surface area contributed by atoms with Crippen LogP contribution in [-0.4, -0.2) is 56.4 Å². The van der Waals surface area contributed by atoms with Gasteiger partial charge in [0.05, 0.1) is 13.2 Å². The molecule has 1 aromatic heterocycles. The predicted molar refractivity (Wildman–Crippen MR) is 68.8 cm³/mol. The lowest BCUT2D eigenvalue weighted by Gasteiger charge is -2.31. The normalized spacial score (nSPS) is 30.8. The monoisotopic (exact) mass is 316 g/mol. The number of aliphatic hydroxyl groups is 2. The largest absolute Gasteiger partial charge is 0.393 e. The van der Waals surface area contributed by atoms with E-state index in [0.717, 1.165) is 12.3 Å². The standard InChI is InChI=1S/C10H13FN6O5/c11-10(17-2-1-6(15-21)14-8(17)20)5-22-9(4-18,7(10)19)3-13-16-12/h1-2,7,18-19,21H,3-5H2,(H,14,15,20)/t7-,9-,10-/m1/s1. The van der Waals surface area contributed by atoms with E-state index >= 15 is 4.39 Å². The van der Waals surface area contributed by atoms with E-state index < -0.39 is 42.9 Å². The number of azide groups is 1. The van der Waals surface area contributed by atoms with Gasteiger partial charge >= 0.3 is 5.69 Å². The molecule has 0 radical (unpaired) electrons. The quantitative estimate of drug-likeness (QED) is 0.236. The van der Waals surface area contributed by atoms with Gasteiger partial charge in [0.2, 0.25) is 5.79 Å². The van der Waals surface area contributed by atoms with Gasteiger partial charge in [-0.2, -0.15) is 4.98 Å². The van der Waals surface area contributed by atoms with Crippen molar-refractivity contribution < 1.29 is 24.5 Å². The maximum atomic E-state index is 15.1. The van der Waals surface area contributed by atoms with E-state index in [4.69, 9.17) is 15.5 Å². The van der Waals surface area contributed by atoms with Crippen molar-refractivity contribution in [2.24, 2.45) is 5.11 Å². The van der Waals surface area contributed by atoms with Gasteiger partial charge in [-0.25, -0.2) is 9.18 Å². The fraction of sp³-hybridized carbons (Fsp3) is 0.600. The van der Waals surface area contributed by atoms with Crippen LogP contribution in [0.15, 0.2) is 22.2 Å². The van der Waals surface area contributed by atoms with Crippen LogP contribution in [0.5, 0.6) is 0 Å². The molecule has 1 fully saturated rings. The number of hydrogen-bond donors (Lipinski definition) is 4. The summed E-state index contributed by atoms with van der Waals surface area (Å²) in [7, 11) is 0. The van der Waals surface area contributed by atoms with E-state index in [1.807, 2.05) is 0 Å². The summed E-state index contributed by atoms with van der Waals surface area (Å²) in [6.45, 7) is -2.11. The molecule has 1 aromatic rings. The van der Waals surface area contributed by atoms with Crippen LogP contribution >= 0.6 is 0 Å². The summed E-state index contributed by atoms with van der Waals surface area (Å²) in [5, 5.41) is 31.4. The molecule has 1 aliphatic heterocycles. The Hall–Kier alpha value is -2.24. The first kappa shape index (κ1) is 16.1. The first-order valence-corrected chi connectivity index (χ1v) is 6.06. The summed E-state index contributed by atoms with van der Waals surface area (Å²) >= 11 is 0. The third-order valence-corrected chi connectivity index (χ3v) is 3.47. The second-order valence-electron chi connectivity index (χ2n) is 4.70. The second-order valence-corrected chi connectivity index (χ2v) is 4.70. The second kappa shape index (κ2) is 5.87. The van der Waals surface area contributed by atoms with Crippen molar-refractivity contribution in [3.8, 4) is 0 Å². The molecule has 120 valence electrons. The highest BCUT2D eigenvalue weighted by molar-refractivity contribution is 5.28. The Balaban J connectivity index is 2.43. The minimum atomic E-state index is -2.72. The van der Waals surface area contributed by atoms with Gasteiger partial charge in [0.25, 0.3) is 0 Å². The Morgan fingerprint density at radius 3 is 3.00 bits per heavy atom. The molecule has 12 heteroatoms. The van der Waals surface area contributed by atoms with Crippen molar-refractivity contribution in [2.75, 3.05) is 25.2 Å². The third kappa shape index (κ3) is 2.38. The highest BCUT2D eigenvalue weighted by atomic mass is 19.1. The van der Waals surface area contributed by atoms with Crippen LogP contribution in [0.2, 0.25) is 0 Å². The van der Waals surface area contributed by atoms with Gasteiger partial charge in [-0.3, -0.25) is 15.3 Å². The molecule has 0 saturated carbocycles. The highest BCUT2D eigenvalue weighted by Crippen LogP contribution is 2.39. The number of hydrogen-bond acceptors (Lipinski definition) is 8. The molecular weight excluding hydrogens is 303 g/mol. The number of halogens is 1. The number of ether oxygens (including phenoxy) is 1. The van der Waals surface area contributed by atoms with Crippen molar-refractivity contribution in [3.63, 3.8) is 0 Å². The van der Waals surface area contributed by atoms with E-state index in [0.29, 0.717) is 4.57 Å². The topological polar surface area (TPSA) is 166 Å². The molecular formula is C10H13FN6O5. The maximum absolute atomic E-state index is 15.1.